The highest BCUT2D eigenvalue weighted by atomic mass is 35.5. The minimum absolute atomic E-state index is 0.119. The van der Waals surface area contributed by atoms with Crippen molar-refractivity contribution in [3.63, 3.8) is 0 Å². The largest absolute Gasteiger partial charge is 0.461 e. The number of nitrogens with zero attached hydrogens (tertiary/aromatic N) is 2. The number of carbonyl (C=O) groups is 1. The summed E-state index contributed by atoms with van der Waals surface area (Å²) in [4.78, 5) is 28.4. The number of halogens is 1. The van der Waals surface area contributed by atoms with Gasteiger partial charge in [0.25, 0.3) is 5.56 Å². The molecule has 0 N–H and O–H groups in total. The lowest BCUT2D eigenvalue weighted by molar-refractivity contribution is 0.0482. The van der Waals surface area contributed by atoms with Crippen LogP contribution in [0.2, 0.25) is 5.02 Å². The van der Waals surface area contributed by atoms with Crippen LogP contribution in [0, 0.1) is 0 Å². The van der Waals surface area contributed by atoms with Crippen molar-refractivity contribution in [2.45, 2.75) is 13.0 Å². The highest BCUT2D eigenvalue weighted by Crippen LogP contribution is 2.35. The van der Waals surface area contributed by atoms with Gasteiger partial charge < -0.3 is 14.2 Å². The van der Waals surface area contributed by atoms with Gasteiger partial charge in [-0.25, -0.2) is 4.79 Å². The molecule has 0 bridgehead atoms. The van der Waals surface area contributed by atoms with Crippen LogP contribution in [-0.2, 0) is 17.7 Å². The number of rotatable bonds is 5. The van der Waals surface area contributed by atoms with E-state index in [4.69, 9.17) is 16.3 Å². The van der Waals surface area contributed by atoms with E-state index in [0.717, 1.165) is 16.7 Å². The molecule has 1 aliphatic heterocycles. The van der Waals surface area contributed by atoms with Gasteiger partial charge in [0.2, 0.25) is 0 Å². The fourth-order valence-corrected chi connectivity index (χ4v) is 3.94. The maximum Gasteiger partial charge on any atom is 0.340 e. The van der Waals surface area contributed by atoms with E-state index in [9.17, 15) is 9.59 Å². The maximum atomic E-state index is 13.4. The van der Waals surface area contributed by atoms with Crippen LogP contribution in [0.25, 0.3) is 22.4 Å². The summed E-state index contributed by atoms with van der Waals surface area (Å²) in [6.45, 7) is 1.39. The molecule has 0 fully saturated rings. The first-order chi connectivity index (χ1) is 14.5. The van der Waals surface area contributed by atoms with E-state index in [1.165, 1.54) is 0 Å². The third-order valence-corrected chi connectivity index (χ3v) is 5.53. The Kier molecular flexibility index (Phi) is 5.75. The standard InChI is InChI=1S/C24H23ClN2O3/c1-26(2)12-13-30-24(29)21-15-20(16-6-4-3-5-7-16)23(28)27-11-10-17-8-9-18(25)14-19(17)22(21)27/h3-9,14-15H,10-13H2,1-2H3. The lowest BCUT2D eigenvalue weighted by Gasteiger charge is -2.25. The predicted molar refractivity (Wildman–Crippen MR) is 119 cm³/mol. The summed E-state index contributed by atoms with van der Waals surface area (Å²) >= 11 is 6.25. The Hall–Kier alpha value is -2.89. The fourth-order valence-electron chi connectivity index (χ4n) is 3.77. The zero-order valence-corrected chi connectivity index (χ0v) is 17.8. The minimum atomic E-state index is -0.439. The quantitative estimate of drug-likeness (QED) is 0.580. The molecule has 0 radical (unpaired) electrons. The Balaban J connectivity index is 1.90. The molecule has 0 aliphatic carbocycles. The van der Waals surface area contributed by atoms with Gasteiger partial charge in [-0.3, -0.25) is 4.79 Å². The van der Waals surface area contributed by atoms with E-state index >= 15 is 0 Å². The molecule has 3 aromatic rings. The number of likely N-dealkylation sites (N-methyl/N-ethyl adjacent to an activating group) is 1. The molecule has 2 heterocycles. The van der Waals surface area contributed by atoms with Crippen molar-refractivity contribution >= 4 is 17.6 Å². The maximum absolute atomic E-state index is 13.4. The van der Waals surface area contributed by atoms with Gasteiger partial charge in [0.1, 0.15) is 6.61 Å². The second-order valence-electron chi connectivity index (χ2n) is 7.63. The minimum Gasteiger partial charge on any atom is -0.461 e. The van der Waals surface area contributed by atoms with Gasteiger partial charge in [-0.15, -0.1) is 0 Å². The molecule has 154 valence electrons. The summed E-state index contributed by atoms with van der Waals surface area (Å²) in [6, 6.07) is 16.7. The van der Waals surface area contributed by atoms with Crippen molar-refractivity contribution < 1.29 is 9.53 Å². The molecule has 0 saturated heterocycles. The molecule has 0 unspecified atom stereocenters. The van der Waals surface area contributed by atoms with Crippen LogP contribution >= 0.6 is 11.6 Å². The summed E-state index contributed by atoms with van der Waals surface area (Å²) in [5, 5.41) is 0.564. The number of hydrogen-bond acceptors (Lipinski definition) is 4. The third kappa shape index (κ3) is 3.91. The molecule has 0 saturated carbocycles. The summed E-state index contributed by atoms with van der Waals surface area (Å²) in [5.41, 5.74) is 3.99. The summed E-state index contributed by atoms with van der Waals surface area (Å²) in [7, 11) is 3.84. The van der Waals surface area contributed by atoms with Crippen LogP contribution in [-0.4, -0.2) is 42.7 Å². The number of aromatic nitrogens is 1. The fraction of sp³-hybridized carbons (Fsp3) is 0.250. The number of hydrogen-bond donors (Lipinski definition) is 0. The van der Waals surface area contributed by atoms with Gasteiger partial charge in [-0.1, -0.05) is 48.0 Å². The molecule has 0 spiro atoms. The Bertz CT molecular complexity index is 1150. The predicted octanol–water partition coefficient (Wildman–Crippen LogP) is 4.11. The Morgan fingerprint density at radius 2 is 1.87 bits per heavy atom. The van der Waals surface area contributed by atoms with E-state index in [0.29, 0.717) is 41.4 Å². The second-order valence-corrected chi connectivity index (χ2v) is 8.07. The van der Waals surface area contributed by atoms with Crippen molar-refractivity contribution in [1.29, 1.82) is 0 Å². The Labute approximate surface area is 180 Å². The average Bonchev–Trinajstić information content (AvgIpc) is 2.74. The summed E-state index contributed by atoms with van der Waals surface area (Å²) in [6.07, 6.45) is 0.701. The van der Waals surface area contributed by atoms with E-state index < -0.39 is 5.97 Å². The Morgan fingerprint density at radius 3 is 2.60 bits per heavy atom. The molecular weight excluding hydrogens is 400 g/mol. The molecule has 0 atom stereocenters. The molecule has 1 aromatic heterocycles. The second kappa shape index (κ2) is 8.46. The van der Waals surface area contributed by atoms with Crippen molar-refractivity contribution in [2.75, 3.05) is 27.2 Å². The molecule has 5 nitrogen and oxygen atoms in total. The van der Waals surface area contributed by atoms with Gasteiger partial charge >= 0.3 is 5.97 Å². The van der Waals surface area contributed by atoms with E-state index in [1.54, 1.807) is 10.6 Å². The van der Waals surface area contributed by atoms with Gasteiger partial charge in [0, 0.05) is 29.2 Å². The molecule has 1 aliphatic rings. The van der Waals surface area contributed by atoms with Gasteiger partial charge in [-0.05, 0) is 49.8 Å². The van der Waals surface area contributed by atoms with Crippen molar-refractivity contribution in [3.8, 4) is 22.4 Å². The first-order valence-corrected chi connectivity index (χ1v) is 10.3. The van der Waals surface area contributed by atoms with Gasteiger partial charge in [0.15, 0.2) is 0 Å². The highest BCUT2D eigenvalue weighted by molar-refractivity contribution is 6.31. The van der Waals surface area contributed by atoms with E-state index in [-0.39, 0.29) is 12.2 Å². The number of benzene rings is 2. The molecule has 4 rings (SSSR count). The number of fused-ring (bicyclic) bond motifs is 3. The zero-order valence-electron chi connectivity index (χ0n) is 17.0. The van der Waals surface area contributed by atoms with Crippen LogP contribution in [0.4, 0.5) is 0 Å². The molecule has 6 heteroatoms. The highest BCUT2D eigenvalue weighted by Gasteiger charge is 2.27. The normalized spacial score (nSPS) is 12.4. The van der Waals surface area contributed by atoms with Crippen molar-refractivity contribution in [1.82, 2.24) is 9.47 Å². The molecule has 2 aromatic carbocycles. The average molecular weight is 423 g/mol. The third-order valence-electron chi connectivity index (χ3n) is 5.30. The first kappa shape index (κ1) is 20.4. The van der Waals surface area contributed by atoms with Crippen molar-refractivity contribution in [3.05, 3.63) is 81.1 Å². The van der Waals surface area contributed by atoms with Crippen molar-refractivity contribution in [2.24, 2.45) is 0 Å². The molecule has 30 heavy (non-hydrogen) atoms. The van der Waals surface area contributed by atoms with E-state index in [2.05, 4.69) is 0 Å². The summed E-state index contributed by atoms with van der Waals surface area (Å²) < 4.78 is 7.24. The lowest BCUT2D eigenvalue weighted by atomic mass is 9.92. The van der Waals surface area contributed by atoms with E-state index in [1.807, 2.05) is 67.5 Å². The number of aryl methyl sites for hydroxylation is 1. The topological polar surface area (TPSA) is 51.5 Å². The SMILES string of the molecule is CN(C)CCOC(=O)c1cc(-c2ccccc2)c(=O)n2c1-c1cc(Cl)ccc1CC2. The number of pyridine rings is 1. The Morgan fingerprint density at radius 1 is 1.10 bits per heavy atom. The zero-order chi connectivity index (χ0) is 21.3. The number of carbonyl (C=O) groups excluding carboxylic acids is 1. The van der Waals surface area contributed by atoms with Gasteiger partial charge in [-0.2, -0.15) is 0 Å². The van der Waals surface area contributed by atoms with Crippen LogP contribution in [0.5, 0.6) is 0 Å². The molecule has 0 amide bonds. The van der Waals surface area contributed by atoms with Crippen LogP contribution in [0.15, 0.2) is 59.4 Å². The van der Waals surface area contributed by atoms with Crippen LogP contribution in [0.1, 0.15) is 15.9 Å². The lowest BCUT2D eigenvalue weighted by Crippen LogP contribution is -2.30. The van der Waals surface area contributed by atoms with Gasteiger partial charge in [0.05, 0.1) is 11.3 Å². The first-order valence-electron chi connectivity index (χ1n) is 9.89. The summed E-state index contributed by atoms with van der Waals surface area (Å²) in [5.74, 6) is -0.439. The monoisotopic (exact) mass is 422 g/mol. The number of ether oxygens (including phenoxy) is 1. The molecular formula is C24H23ClN2O3. The van der Waals surface area contributed by atoms with Crippen LogP contribution < -0.4 is 5.56 Å². The number of esters is 1. The van der Waals surface area contributed by atoms with Crippen LogP contribution in [0.3, 0.4) is 0 Å². The smallest absolute Gasteiger partial charge is 0.340 e.